The molecule has 4 N–H and O–H groups in total. The summed E-state index contributed by atoms with van der Waals surface area (Å²) in [6, 6.07) is 11.2. The summed E-state index contributed by atoms with van der Waals surface area (Å²) in [5.74, 6) is -2.04. The van der Waals surface area contributed by atoms with Gasteiger partial charge in [0.25, 0.3) is 0 Å². The van der Waals surface area contributed by atoms with Gasteiger partial charge in [-0.25, -0.2) is 13.8 Å². The van der Waals surface area contributed by atoms with Gasteiger partial charge < -0.3 is 24.8 Å². The molecule has 0 amide bonds. The SMILES string of the molecule is C=C1[C@H](n2cc(F)c(N)nc2=O)O[C@H](CO[P@@](=O)(N[C@H](C)C(=O)OC(C)C)Oc2cccc3ccccc23)[C@H]1O. The van der Waals surface area contributed by atoms with E-state index in [2.05, 4.69) is 16.7 Å². The third kappa shape index (κ3) is 6.40. The molecule has 0 spiro atoms. The van der Waals surface area contributed by atoms with Crippen molar-refractivity contribution in [1.29, 1.82) is 0 Å². The van der Waals surface area contributed by atoms with Crippen LogP contribution in [0.5, 0.6) is 5.75 Å². The van der Waals surface area contributed by atoms with E-state index in [0.29, 0.717) is 5.39 Å². The van der Waals surface area contributed by atoms with Gasteiger partial charge in [0, 0.05) is 11.0 Å². The number of aliphatic hydroxyl groups is 1. The van der Waals surface area contributed by atoms with Gasteiger partial charge in [0.05, 0.1) is 18.9 Å². The summed E-state index contributed by atoms with van der Waals surface area (Å²) in [5.41, 5.74) is 4.42. The highest BCUT2D eigenvalue weighted by Crippen LogP contribution is 2.47. The van der Waals surface area contributed by atoms with E-state index >= 15 is 0 Å². The van der Waals surface area contributed by atoms with Gasteiger partial charge in [-0.05, 0) is 32.2 Å². The number of anilines is 1. The lowest BCUT2D eigenvalue weighted by molar-refractivity contribution is -0.149. The number of halogens is 1. The molecule has 14 heteroatoms. The van der Waals surface area contributed by atoms with Crippen molar-refractivity contribution in [2.24, 2.45) is 0 Å². The van der Waals surface area contributed by atoms with E-state index in [1.807, 2.05) is 18.2 Å². The molecular weight excluding hydrogens is 546 g/mol. The first kappa shape index (κ1) is 29.4. The molecule has 2 heterocycles. The Morgan fingerprint density at radius 1 is 1.27 bits per heavy atom. The van der Waals surface area contributed by atoms with E-state index in [1.165, 1.54) is 6.92 Å². The number of esters is 1. The van der Waals surface area contributed by atoms with Crippen molar-refractivity contribution in [3.63, 3.8) is 0 Å². The lowest BCUT2D eigenvalue weighted by Gasteiger charge is -2.25. The number of nitrogens with two attached hydrogens (primary N) is 1. The normalized spacial score (nSPS) is 21.4. The van der Waals surface area contributed by atoms with E-state index in [4.69, 9.17) is 24.3 Å². The number of hydrogen-bond acceptors (Lipinski definition) is 10. The summed E-state index contributed by atoms with van der Waals surface area (Å²) >= 11 is 0. The second-order valence-electron chi connectivity index (χ2n) is 9.41. The van der Waals surface area contributed by atoms with E-state index in [1.54, 1.807) is 38.1 Å². The van der Waals surface area contributed by atoms with Crippen LogP contribution < -0.4 is 21.0 Å². The Labute approximate surface area is 229 Å². The Kier molecular flexibility index (Phi) is 8.71. The molecular formula is C26H30FN4O8P. The number of ether oxygens (including phenoxy) is 2. The molecule has 1 aliphatic heterocycles. The van der Waals surface area contributed by atoms with Crippen LogP contribution in [0.3, 0.4) is 0 Å². The molecule has 5 atom stereocenters. The van der Waals surface area contributed by atoms with Crippen molar-refractivity contribution in [3.8, 4) is 5.75 Å². The second-order valence-corrected chi connectivity index (χ2v) is 11.1. The number of carbonyl (C=O) groups is 1. The van der Waals surface area contributed by atoms with Gasteiger partial charge in [0.1, 0.15) is 24.0 Å². The number of nitrogen functional groups attached to an aromatic ring is 1. The Morgan fingerprint density at radius 2 is 1.98 bits per heavy atom. The highest BCUT2D eigenvalue weighted by molar-refractivity contribution is 7.52. The molecule has 40 heavy (non-hydrogen) atoms. The summed E-state index contributed by atoms with van der Waals surface area (Å²) in [7, 11) is -4.34. The Morgan fingerprint density at radius 3 is 2.70 bits per heavy atom. The fourth-order valence-electron chi connectivity index (χ4n) is 4.00. The number of fused-ring (bicyclic) bond motifs is 1. The smallest absolute Gasteiger partial charge is 0.459 e. The summed E-state index contributed by atoms with van der Waals surface area (Å²) in [4.78, 5) is 28.1. The van der Waals surface area contributed by atoms with Crippen molar-refractivity contribution < 1.29 is 37.4 Å². The zero-order chi connectivity index (χ0) is 29.2. The molecule has 1 aliphatic rings. The van der Waals surface area contributed by atoms with Crippen molar-refractivity contribution in [2.75, 3.05) is 12.3 Å². The Hall–Kier alpha value is -3.61. The maximum absolute atomic E-state index is 14.0. The van der Waals surface area contributed by atoms with E-state index in [9.17, 15) is 23.7 Å². The van der Waals surface area contributed by atoms with Crippen LogP contribution in [0.2, 0.25) is 0 Å². The van der Waals surface area contributed by atoms with Crippen LogP contribution in [0.1, 0.15) is 27.0 Å². The van der Waals surface area contributed by atoms with Crippen molar-refractivity contribution in [2.45, 2.75) is 51.4 Å². The summed E-state index contributed by atoms with van der Waals surface area (Å²) < 4.78 is 51.2. The fourth-order valence-corrected chi connectivity index (χ4v) is 5.52. The van der Waals surface area contributed by atoms with Crippen LogP contribution in [0.4, 0.5) is 10.2 Å². The number of rotatable bonds is 10. The maximum Gasteiger partial charge on any atom is 0.459 e. The van der Waals surface area contributed by atoms with Gasteiger partial charge in [-0.2, -0.15) is 10.1 Å². The largest absolute Gasteiger partial charge is 0.462 e. The number of nitrogens with one attached hydrogen (secondary N) is 1. The summed E-state index contributed by atoms with van der Waals surface area (Å²) in [6.45, 7) is 7.97. The predicted molar refractivity (Wildman–Crippen MR) is 144 cm³/mol. The first-order valence-electron chi connectivity index (χ1n) is 12.3. The number of aromatic nitrogens is 2. The highest BCUT2D eigenvalue weighted by Gasteiger charge is 2.42. The third-order valence-electron chi connectivity index (χ3n) is 5.97. The van der Waals surface area contributed by atoms with Gasteiger partial charge in [0.15, 0.2) is 17.9 Å². The molecule has 3 aromatic rings. The summed E-state index contributed by atoms with van der Waals surface area (Å²) in [5, 5.41) is 14.7. The number of aliphatic hydroxyl groups excluding tert-OH is 1. The molecule has 0 aliphatic carbocycles. The molecule has 1 saturated heterocycles. The van der Waals surface area contributed by atoms with Crippen LogP contribution in [-0.4, -0.2) is 51.6 Å². The number of benzene rings is 2. The average molecular weight is 577 g/mol. The number of hydrogen-bond donors (Lipinski definition) is 3. The van der Waals surface area contributed by atoms with Crippen LogP contribution in [0, 0.1) is 5.82 Å². The first-order valence-corrected chi connectivity index (χ1v) is 13.9. The average Bonchev–Trinajstić information content (AvgIpc) is 3.18. The van der Waals surface area contributed by atoms with Crippen molar-refractivity contribution >= 4 is 30.3 Å². The predicted octanol–water partition coefficient (Wildman–Crippen LogP) is 3.07. The lowest BCUT2D eigenvalue weighted by Crippen LogP contribution is -2.37. The minimum Gasteiger partial charge on any atom is -0.462 e. The molecule has 0 unspecified atom stereocenters. The summed E-state index contributed by atoms with van der Waals surface area (Å²) in [6.07, 6.45) is -3.53. The van der Waals surface area contributed by atoms with Gasteiger partial charge in [-0.3, -0.25) is 13.9 Å². The Balaban J connectivity index is 1.58. The van der Waals surface area contributed by atoms with Gasteiger partial charge in [-0.15, -0.1) is 0 Å². The van der Waals surface area contributed by atoms with Crippen LogP contribution >= 0.6 is 7.75 Å². The van der Waals surface area contributed by atoms with E-state index in [0.717, 1.165) is 16.2 Å². The van der Waals surface area contributed by atoms with Crippen LogP contribution in [0.15, 0.2) is 65.6 Å². The molecule has 1 fully saturated rings. The van der Waals surface area contributed by atoms with Crippen molar-refractivity contribution in [1.82, 2.24) is 14.6 Å². The first-order chi connectivity index (χ1) is 18.9. The van der Waals surface area contributed by atoms with Crippen molar-refractivity contribution in [3.05, 3.63) is 77.1 Å². The highest BCUT2D eigenvalue weighted by atomic mass is 31.2. The number of carbonyl (C=O) groups excluding carboxylic acids is 1. The molecule has 214 valence electrons. The maximum atomic E-state index is 14.0. The lowest BCUT2D eigenvalue weighted by atomic mass is 10.1. The quantitative estimate of drug-likeness (QED) is 0.185. The zero-order valence-corrected chi connectivity index (χ0v) is 22.9. The molecule has 2 aromatic carbocycles. The molecule has 4 rings (SSSR count). The number of nitrogens with zero attached hydrogens (tertiary/aromatic N) is 2. The zero-order valence-electron chi connectivity index (χ0n) is 22.0. The van der Waals surface area contributed by atoms with E-state index < -0.39 is 68.2 Å². The standard InChI is InChI=1S/C26H30FN4O8P/c1-14(2)37-25(33)16(4)30-40(35,39-20-11-7-9-17-8-5-6-10-18(17)20)36-13-21-22(32)15(3)24(38-21)31-12-19(27)23(28)29-26(31)34/h5-12,14,16,21-22,24,32H,3,13H2,1-2,4H3,(H,30,35)(H2,28,29,34)/t16-,21-,22+,24-,40+/m1/s1. The minimum atomic E-state index is -4.34. The van der Waals surface area contributed by atoms with Gasteiger partial charge in [0.2, 0.25) is 0 Å². The molecule has 0 bridgehead atoms. The molecule has 0 radical (unpaired) electrons. The van der Waals surface area contributed by atoms with Crippen LogP contribution in [0.25, 0.3) is 10.8 Å². The Bertz CT molecular complexity index is 1520. The third-order valence-corrected chi connectivity index (χ3v) is 7.60. The minimum absolute atomic E-state index is 0.00770. The van der Waals surface area contributed by atoms with E-state index in [-0.39, 0.29) is 11.3 Å². The monoisotopic (exact) mass is 576 g/mol. The fraction of sp³-hybridized carbons (Fsp3) is 0.346. The van der Waals surface area contributed by atoms with Gasteiger partial charge in [-0.1, -0.05) is 43.0 Å². The molecule has 1 aromatic heterocycles. The molecule has 0 saturated carbocycles. The second kappa shape index (κ2) is 11.9. The van der Waals surface area contributed by atoms with Gasteiger partial charge >= 0.3 is 19.4 Å². The topological polar surface area (TPSA) is 164 Å². The van der Waals surface area contributed by atoms with Crippen LogP contribution in [-0.2, 0) is 23.4 Å². The molecule has 12 nitrogen and oxygen atoms in total.